The van der Waals surface area contributed by atoms with Gasteiger partial charge in [0.25, 0.3) is 0 Å². The number of ether oxygens (including phenoxy) is 2. The molecule has 2 aromatic heterocycles. The highest BCUT2D eigenvalue weighted by atomic mass is 32.1. The minimum Gasteiger partial charge on any atom is -0.465 e. The number of anilines is 1. The van der Waals surface area contributed by atoms with Gasteiger partial charge in [-0.05, 0) is 81.0 Å². The third-order valence-corrected chi connectivity index (χ3v) is 7.43. The highest BCUT2D eigenvalue weighted by Gasteiger charge is 2.42. The average Bonchev–Trinajstić information content (AvgIpc) is 3.39. The predicted molar refractivity (Wildman–Crippen MR) is 147 cm³/mol. The molecule has 1 aromatic carbocycles. The number of thiocarbonyl (C=S) groups is 1. The Labute approximate surface area is 223 Å². The Morgan fingerprint density at radius 2 is 1.86 bits per heavy atom. The molecule has 0 bridgehead atoms. The van der Waals surface area contributed by atoms with Crippen LogP contribution in [0.2, 0.25) is 0 Å². The molecule has 8 nitrogen and oxygen atoms in total. The average molecular weight is 520 g/mol. The van der Waals surface area contributed by atoms with Crippen molar-refractivity contribution in [3.8, 4) is 5.69 Å². The molecule has 2 atom stereocenters. The van der Waals surface area contributed by atoms with Gasteiger partial charge in [-0.1, -0.05) is 6.07 Å². The zero-order valence-corrected chi connectivity index (χ0v) is 22.3. The number of benzene rings is 1. The van der Waals surface area contributed by atoms with Gasteiger partial charge in [0.2, 0.25) is 0 Å². The summed E-state index contributed by atoms with van der Waals surface area (Å²) < 4.78 is 13.0. The van der Waals surface area contributed by atoms with Crippen molar-refractivity contribution in [2.24, 2.45) is 0 Å². The maximum Gasteiger partial charge on any atom is 0.325 e. The topological polar surface area (TPSA) is 71.9 Å². The van der Waals surface area contributed by atoms with E-state index in [2.05, 4.69) is 63.9 Å². The molecule has 0 spiro atoms. The number of hydrogen-bond donors (Lipinski definition) is 1. The molecule has 4 heterocycles. The van der Waals surface area contributed by atoms with Crippen molar-refractivity contribution in [3.63, 3.8) is 0 Å². The summed E-state index contributed by atoms with van der Waals surface area (Å²) in [5.74, 6) is -0.300. The minimum absolute atomic E-state index is 0.0750. The number of morpholine rings is 1. The first-order valence-corrected chi connectivity index (χ1v) is 13.1. The summed E-state index contributed by atoms with van der Waals surface area (Å²) in [5.41, 5.74) is 6.49. The summed E-state index contributed by atoms with van der Waals surface area (Å²) in [5, 5.41) is 3.94. The second-order valence-electron chi connectivity index (χ2n) is 9.34. The van der Waals surface area contributed by atoms with E-state index in [4.69, 9.17) is 21.7 Å². The van der Waals surface area contributed by atoms with Gasteiger partial charge in [0.15, 0.2) is 5.11 Å². The Morgan fingerprint density at radius 1 is 1.14 bits per heavy atom. The minimum atomic E-state index is -0.300. The van der Waals surface area contributed by atoms with Gasteiger partial charge in [0.1, 0.15) is 6.54 Å². The Balaban J connectivity index is 1.51. The zero-order valence-electron chi connectivity index (χ0n) is 21.5. The Hall–Kier alpha value is -3.43. The molecule has 37 heavy (non-hydrogen) atoms. The highest BCUT2D eigenvalue weighted by Crippen LogP contribution is 2.41. The van der Waals surface area contributed by atoms with E-state index in [0.29, 0.717) is 11.7 Å². The van der Waals surface area contributed by atoms with Crippen molar-refractivity contribution >= 4 is 29.0 Å². The Morgan fingerprint density at radius 3 is 2.54 bits per heavy atom. The first-order valence-electron chi connectivity index (χ1n) is 12.7. The molecule has 0 saturated carbocycles. The third kappa shape index (κ3) is 5.06. The number of aryl methyl sites for hydroxylation is 1. The molecule has 3 aromatic rings. The first-order chi connectivity index (χ1) is 18.0. The molecule has 0 radical (unpaired) electrons. The summed E-state index contributed by atoms with van der Waals surface area (Å²) in [4.78, 5) is 21.4. The number of rotatable bonds is 7. The SMILES string of the molecule is CCOC(=O)CN1C(=S)N[C@@H](c2ccccn2)[C@H]1c1cc(C)n(-c2ccc(N3CCOCC3)cc2)c1C. The van der Waals surface area contributed by atoms with Crippen molar-refractivity contribution < 1.29 is 14.3 Å². The first kappa shape index (κ1) is 25.2. The molecule has 0 aliphatic carbocycles. The summed E-state index contributed by atoms with van der Waals surface area (Å²) in [6.07, 6.45) is 1.78. The molecule has 9 heteroatoms. The molecular formula is C28H33N5O3S. The zero-order chi connectivity index (χ0) is 25.9. The summed E-state index contributed by atoms with van der Waals surface area (Å²) in [7, 11) is 0. The maximum absolute atomic E-state index is 12.5. The Bertz CT molecular complexity index is 1250. The van der Waals surface area contributed by atoms with E-state index in [1.54, 1.807) is 6.20 Å². The van der Waals surface area contributed by atoms with Crippen molar-refractivity contribution in [2.45, 2.75) is 32.9 Å². The van der Waals surface area contributed by atoms with E-state index in [9.17, 15) is 4.79 Å². The van der Waals surface area contributed by atoms with Crippen molar-refractivity contribution in [2.75, 3.05) is 44.4 Å². The standard InChI is InChI=1S/C28H33N5O3S/c1-4-36-25(34)18-32-27(26(30-28(32)37)24-7-5-6-12-29-24)23-17-19(2)33(20(23)3)22-10-8-21(9-11-22)31-13-15-35-16-14-31/h5-12,17,26-27H,4,13-16,18H2,1-3H3,(H,30,37)/t26-,27+/m0/s1. The van der Waals surface area contributed by atoms with Gasteiger partial charge in [-0.15, -0.1) is 0 Å². The van der Waals surface area contributed by atoms with Gasteiger partial charge < -0.3 is 29.2 Å². The van der Waals surface area contributed by atoms with Gasteiger partial charge >= 0.3 is 5.97 Å². The largest absolute Gasteiger partial charge is 0.465 e. The van der Waals surface area contributed by atoms with Crippen LogP contribution in [0.25, 0.3) is 5.69 Å². The van der Waals surface area contributed by atoms with Crippen LogP contribution >= 0.6 is 12.2 Å². The van der Waals surface area contributed by atoms with E-state index in [-0.39, 0.29) is 24.6 Å². The number of aromatic nitrogens is 2. The fourth-order valence-corrected chi connectivity index (χ4v) is 5.68. The van der Waals surface area contributed by atoms with Gasteiger partial charge in [0, 0.05) is 42.0 Å². The maximum atomic E-state index is 12.5. The van der Waals surface area contributed by atoms with Crippen LogP contribution in [-0.4, -0.2) is 65.0 Å². The van der Waals surface area contributed by atoms with Crippen molar-refractivity contribution in [1.29, 1.82) is 0 Å². The van der Waals surface area contributed by atoms with E-state index in [0.717, 1.165) is 54.6 Å². The van der Waals surface area contributed by atoms with Gasteiger partial charge in [-0.2, -0.15) is 0 Å². The number of hydrogen-bond acceptors (Lipinski definition) is 6. The second kappa shape index (κ2) is 10.9. The smallest absolute Gasteiger partial charge is 0.325 e. The number of nitrogens with one attached hydrogen (secondary N) is 1. The molecular weight excluding hydrogens is 486 g/mol. The molecule has 0 amide bonds. The molecule has 1 N–H and O–H groups in total. The summed E-state index contributed by atoms with van der Waals surface area (Å²) >= 11 is 5.71. The lowest BCUT2D eigenvalue weighted by Crippen LogP contribution is -2.36. The molecule has 2 aliphatic heterocycles. The lowest BCUT2D eigenvalue weighted by atomic mass is 9.97. The van der Waals surface area contributed by atoms with E-state index in [1.165, 1.54) is 5.69 Å². The molecule has 5 rings (SSSR count). The number of nitrogens with zero attached hydrogens (tertiary/aromatic N) is 4. The third-order valence-electron chi connectivity index (χ3n) is 7.08. The highest BCUT2D eigenvalue weighted by molar-refractivity contribution is 7.80. The van der Waals surface area contributed by atoms with Crippen molar-refractivity contribution in [3.05, 3.63) is 77.4 Å². The summed E-state index contributed by atoms with van der Waals surface area (Å²) in [6, 6.07) is 16.3. The van der Waals surface area contributed by atoms with Crippen LogP contribution in [0.5, 0.6) is 0 Å². The fraction of sp³-hybridized carbons (Fsp3) is 0.393. The summed E-state index contributed by atoms with van der Waals surface area (Å²) in [6.45, 7) is 9.79. The molecule has 2 saturated heterocycles. The normalized spacial score (nSPS) is 19.7. The van der Waals surface area contributed by atoms with Gasteiger partial charge in [0.05, 0.1) is 37.6 Å². The monoisotopic (exact) mass is 519 g/mol. The van der Waals surface area contributed by atoms with E-state index in [1.807, 2.05) is 30.0 Å². The van der Waals surface area contributed by atoms with Gasteiger partial charge in [-0.3, -0.25) is 9.78 Å². The van der Waals surface area contributed by atoms with Crippen LogP contribution in [0.15, 0.2) is 54.7 Å². The number of esters is 1. The lowest BCUT2D eigenvalue weighted by molar-refractivity contribution is -0.143. The van der Waals surface area contributed by atoms with Crippen molar-refractivity contribution in [1.82, 2.24) is 19.8 Å². The van der Waals surface area contributed by atoms with Crippen LogP contribution in [0.3, 0.4) is 0 Å². The lowest BCUT2D eigenvalue weighted by Gasteiger charge is -2.29. The fourth-order valence-electron chi connectivity index (χ4n) is 5.38. The van der Waals surface area contributed by atoms with Crippen LogP contribution < -0.4 is 10.2 Å². The van der Waals surface area contributed by atoms with Gasteiger partial charge in [-0.25, -0.2) is 0 Å². The molecule has 194 valence electrons. The quantitative estimate of drug-likeness (QED) is 0.373. The number of pyridine rings is 1. The number of carbonyl (C=O) groups excluding carboxylic acids is 1. The predicted octanol–water partition coefficient (Wildman–Crippen LogP) is 3.86. The van der Waals surface area contributed by atoms with Crippen LogP contribution in [-0.2, 0) is 14.3 Å². The van der Waals surface area contributed by atoms with Crippen LogP contribution in [0, 0.1) is 13.8 Å². The second-order valence-corrected chi connectivity index (χ2v) is 9.72. The molecule has 2 aliphatic rings. The van der Waals surface area contributed by atoms with Crippen LogP contribution in [0.1, 0.15) is 41.7 Å². The van der Waals surface area contributed by atoms with E-state index >= 15 is 0 Å². The Kier molecular flexibility index (Phi) is 7.43. The number of carbonyl (C=O) groups is 1. The van der Waals surface area contributed by atoms with E-state index < -0.39 is 0 Å². The van der Waals surface area contributed by atoms with Crippen LogP contribution in [0.4, 0.5) is 5.69 Å². The molecule has 2 fully saturated rings. The molecule has 0 unspecified atom stereocenters.